The summed E-state index contributed by atoms with van der Waals surface area (Å²) in [5.41, 5.74) is -0.370. The van der Waals surface area contributed by atoms with Crippen LogP contribution in [0.2, 0.25) is 0 Å². The van der Waals surface area contributed by atoms with Gasteiger partial charge >= 0.3 is 12.3 Å². The number of para-hydroxylation sites is 1. The number of aromatic carboxylic acids is 1. The maximum Gasteiger partial charge on any atom is 0.573 e. The molecule has 1 N–H and O–H groups in total. The molecule has 18 heavy (non-hydrogen) atoms. The van der Waals surface area contributed by atoms with E-state index < -0.39 is 23.8 Å². The SMILES string of the molecule is CCCOc1c(OC(F)(F)F)cccc1C(=O)O. The zero-order valence-electron chi connectivity index (χ0n) is 9.45. The van der Waals surface area contributed by atoms with Crippen molar-refractivity contribution in [1.82, 2.24) is 0 Å². The highest BCUT2D eigenvalue weighted by Gasteiger charge is 2.33. The van der Waals surface area contributed by atoms with Crippen LogP contribution in [0.3, 0.4) is 0 Å². The van der Waals surface area contributed by atoms with Crippen molar-refractivity contribution >= 4 is 5.97 Å². The molecule has 0 heterocycles. The maximum atomic E-state index is 12.2. The Hall–Kier alpha value is -1.92. The Bertz CT molecular complexity index is 429. The highest BCUT2D eigenvalue weighted by Crippen LogP contribution is 2.35. The molecule has 0 amide bonds. The second-order valence-corrected chi connectivity index (χ2v) is 3.33. The minimum atomic E-state index is -4.90. The third-order valence-electron chi connectivity index (χ3n) is 1.89. The Morgan fingerprint density at radius 2 is 2.06 bits per heavy atom. The number of rotatable bonds is 5. The minimum Gasteiger partial charge on any atom is -0.489 e. The number of hydrogen-bond donors (Lipinski definition) is 1. The first-order valence-electron chi connectivity index (χ1n) is 5.10. The second kappa shape index (κ2) is 5.61. The highest BCUT2D eigenvalue weighted by atomic mass is 19.4. The van der Waals surface area contributed by atoms with E-state index in [4.69, 9.17) is 9.84 Å². The standard InChI is InChI=1S/C11H11F3O4/c1-2-6-17-9-7(10(15)16)4-3-5-8(9)18-11(12,13)14/h3-5H,2,6H2,1H3,(H,15,16). The summed E-state index contributed by atoms with van der Waals surface area (Å²) in [6.07, 6.45) is -4.37. The average Bonchev–Trinajstić information content (AvgIpc) is 2.24. The van der Waals surface area contributed by atoms with E-state index in [1.54, 1.807) is 6.92 Å². The van der Waals surface area contributed by atoms with Gasteiger partial charge in [0.25, 0.3) is 0 Å². The molecule has 0 aliphatic heterocycles. The lowest BCUT2D eigenvalue weighted by Crippen LogP contribution is -2.18. The van der Waals surface area contributed by atoms with E-state index in [0.29, 0.717) is 6.42 Å². The molecule has 0 aliphatic carbocycles. The van der Waals surface area contributed by atoms with Crippen LogP contribution in [0, 0.1) is 0 Å². The lowest BCUT2D eigenvalue weighted by Gasteiger charge is -2.15. The van der Waals surface area contributed by atoms with Gasteiger partial charge in [0.15, 0.2) is 11.5 Å². The summed E-state index contributed by atoms with van der Waals surface area (Å²) in [5, 5.41) is 8.87. The predicted molar refractivity (Wildman–Crippen MR) is 55.9 cm³/mol. The van der Waals surface area contributed by atoms with Gasteiger partial charge in [-0.2, -0.15) is 0 Å². The van der Waals surface area contributed by atoms with E-state index in [-0.39, 0.29) is 12.2 Å². The van der Waals surface area contributed by atoms with Crippen LogP contribution in [0.25, 0.3) is 0 Å². The number of benzene rings is 1. The fourth-order valence-corrected chi connectivity index (χ4v) is 1.24. The summed E-state index contributed by atoms with van der Waals surface area (Å²) < 4.78 is 45.2. The van der Waals surface area contributed by atoms with E-state index in [0.717, 1.165) is 18.2 Å². The van der Waals surface area contributed by atoms with Crippen molar-refractivity contribution in [3.05, 3.63) is 23.8 Å². The van der Waals surface area contributed by atoms with Crippen molar-refractivity contribution in [2.45, 2.75) is 19.7 Å². The van der Waals surface area contributed by atoms with Gasteiger partial charge in [-0.1, -0.05) is 13.0 Å². The first-order chi connectivity index (χ1) is 8.35. The molecule has 7 heteroatoms. The third-order valence-corrected chi connectivity index (χ3v) is 1.89. The van der Waals surface area contributed by atoms with Crippen LogP contribution in [0.1, 0.15) is 23.7 Å². The van der Waals surface area contributed by atoms with Gasteiger partial charge in [-0.25, -0.2) is 4.79 Å². The summed E-state index contributed by atoms with van der Waals surface area (Å²) >= 11 is 0. The highest BCUT2D eigenvalue weighted by molar-refractivity contribution is 5.92. The molecular formula is C11H11F3O4. The average molecular weight is 264 g/mol. The van der Waals surface area contributed by atoms with Gasteiger partial charge in [-0.3, -0.25) is 0 Å². The van der Waals surface area contributed by atoms with Crippen molar-refractivity contribution in [2.24, 2.45) is 0 Å². The number of ether oxygens (including phenoxy) is 2. The predicted octanol–water partition coefficient (Wildman–Crippen LogP) is 3.07. The largest absolute Gasteiger partial charge is 0.573 e. The summed E-state index contributed by atoms with van der Waals surface area (Å²) in [6.45, 7) is 1.84. The Labute approximate surface area is 101 Å². The van der Waals surface area contributed by atoms with E-state index in [1.807, 2.05) is 0 Å². The van der Waals surface area contributed by atoms with Gasteiger partial charge in [-0.15, -0.1) is 13.2 Å². The summed E-state index contributed by atoms with van der Waals surface area (Å²) in [7, 11) is 0. The number of carboxylic acid groups (broad SMARTS) is 1. The molecule has 1 aromatic carbocycles. The zero-order chi connectivity index (χ0) is 13.8. The summed E-state index contributed by atoms with van der Waals surface area (Å²) in [5.74, 6) is -2.45. The topological polar surface area (TPSA) is 55.8 Å². The molecule has 0 bridgehead atoms. The lowest BCUT2D eigenvalue weighted by atomic mass is 10.2. The van der Waals surface area contributed by atoms with Crippen molar-refractivity contribution < 1.29 is 32.5 Å². The zero-order valence-corrected chi connectivity index (χ0v) is 9.45. The molecular weight excluding hydrogens is 253 g/mol. The van der Waals surface area contributed by atoms with Crippen molar-refractivity contribution in [2.75, 3.05) is 6.61 Å². The Morgan fingerprint density at radius 1 is 1.39 bits per heavy atom. The quantitative estimate of drug-likeness (QED) is 0.887. The Morgan fingerprint density at radius 3 is 2.56 bits per heavy atom. The van der Waals surface area contributed by atoms with Crippen LogP contribution in [0.4, 0.5) is 13.2 Å². The molecule has 0 saturated carbocycles. The van der Waals surface area contributed by atoms with Crippen LogP contribution < -0.4 is 9.47 Å². The van der Waals surface area contributed by atoms with Crippen molar-refractivity contribution in [3.63, 3.8) is 0 Å². The number of carboxylic acids is 1. The van der Waals surface area contributed by atoms with Gasteiger partial charge in [0.05, 0.1) is 6.61 Å². The molecule has 4 nitrogen and oxygen atoms in total. The van der Waals surface area contributed by atoms with Crippen LogP contribution in [-0.2, 0) is 0 Å². The van der Waals surface area contributed by atoms with Crippen LogP contribution in [0.5, 0.6) is 11.5 Å². The van der Waals surface area contributed by atoms with Gasteiger partial charge < -0.3 is 14.6 Å². The van der Waals surface area contributed by atoms with Crippen LogP contribution in [0.15, 0.2) is 18.2 Å². The summed E-state index contributed by atoms with van der Waals surface area (Å²) in [4.78, 5) is 10.9. The molecule has 0 saturated heterocycles. The molecule has 0 unspecified atom stereocenters. The normalized spacial score (nSPS) is 11.1. The van der Waals surface area contributed by atoms with Crippen LogP contribution >= 0.6 is 0 Å². The first kappa shape index (κ1) is 14.1. The molecule has 1 aromatic rings. The van der Waals surface area contributed by atoms with E-state index >= 15 is 0 Å². The van der Waals surface area contributed by atoms with Crippen LogP contribution in [-0.4, -0.2) is 24.0 Å². The van der Waals surface area contributed by atoms with Gasteiger partial charge in [0, 0.05) is 0 Å². The fourth-order valence-electron chi connectivity index (χ4n) is 1.24. The molecule has 0 fully saturated rings. The van der Waals surface area contributed by atoms with E-state index in [2.05, 4.69) is 4.74 Å². The molecule has 0 atom stereocenters. The third kappa shape index (κ3) is 3.83. The molecule has 0 aliphatic rings. The molecule has 0 spiro atoms. The Kier molecular flexibility index (Phi) is 4.41. The van der Waals surface area contributed by atoms with Crippen molar-refractivity contribution in [1.29, 1.82) is 0 Å². The summed E-state index contributed by atoms with van der Waals surface area (Å²) in [6, 6.07) is 3.31. The number of alkyl halides is 3. The smallest absolute Gasteiger partial charge is 0.489 e. The molecule has 0 aromatic heterocycles. The van der Waals surface area contributed by atoms with Gasteiger partial charge in [-0.05, 0) is 18.6 Å². The second-order valence-electron chi connectivity index (χ2n) is 3.33. The van der Waals surface area contributed by atoms with Gasteiger partial charge in [0.2, 0.25) is 0 Å². The van der Waals surface area contributed by atoms with E-state index in [1.165, 1.54) is 0 Å². The Balaban J connectivity index is 3.15. The van der Waals surface area contributed by atoms with Crippen molar-refractivity contribution in [3.8, 4) is 11.5 Å². The minimum absolute atomic E-state index is 0.0957. The molecule has 0 radical (unpaired) electrons. The lowest BCUT2D eigenvalue weighted by molar-refractivity contribution is -0.275. The fraction of sp³-hybridized carbons (Fsp3) is 0.364. The molecule has 100 valence electrons. The number of hydrogen-bond acceptors (Lipinski definition) is 3. The monoisotopic (exact) mass is 264 g/mol. The number of carbonyl (C=O) groups is 1. The first-order valence-corrected chi connectivity index (χ1v) is 5.10. The maximum absolute atomic E-state index is 12.2. The molecule has 1 rings (SSSR count). The number of halogens is 3. The van der Waals surface area contributed by atoms with Gasteiger partial charge in [0.1, 0.15) is 5.56 Å². The van der Waals surface area contributed by atoms with E-state index in [9.17, 15) is 18.0 Å².